The smallest absolute Gasteiger partial charge is 0.248 e. The molecule has 1 N–H and O–H groups in total. The molecule has 0 aliphatic rings. The number of nitrogens with one attached hydrogen (secondary N) is 1. The van der Waals surface area contributed by atoms with Crippen LogP contribution in [0.2, 0.25) is 0 Å². The lowest BCUT2D eigenvalue weighted by Gasteiger charge is -2.10. The number of ether oxygens (including phenoxy) is 3. The van der Waals surface area contributed by atoms with Gasteiger partial charge in [-0.25, -0.2) is 0 Å². The summed E-state index contributed by atoms with van der Waals surface area (Å²) < 4.78 is 16.0. The van der Waals surface area contributed by atoms with E-state index in [2.05, 4.69) is 5.32 Å². The second-order valence-electron chi connectivity index (χ2n) is 5.62. The minimum atomic E-state index is -0.226. The maximum absolute atomic E-state index is 12.1. The molecule has 0 aliphatic heterocycles. The molecule has 0 heterocycles. The first kappa shape index (κ1) is 18.4. The van der Waals surface area contributed by atoms with Gasteiger partial charge in [-0.05, 0) is 56.3 Å². The number of amides is 1. The fourth-order valence-electron chi connectivity index (χ4n) is 2.19. The zero-order valence-electron chi connectivity index (χ0n) is 14.9. The highest BCUT2D eigenvalue weighted by atomic mass is 16.5. The predicted molar refractivity (Wildman–Crippen MR) is 99.4 cm³/mol. The van der Waals surface area contributed by atoms with E-state index in [1.165, 1.54) is 6.08 Å². The molecule has 0 fully saturated rings. The van der Waals surface area contributed by atoms with E-state index in [0.717, 1.165) is 11.3 Å². The molecule has 0 bridgehead atoms. The van der Waals surface area contributed by atoms with Crippen LogP contribution in [0, 0.1) is 0 Å². The first-order valence-electron chi connectivity index (χ1n) is 7.99. The van der Waals surface area contributed by atoms with Crippen LogP contribution in [0.4, 0.5) is 5.69 Å². The van der Waals surface area contributed by atoms with Gasteiger partial charge in [0, 0.05) is 23.4 Å². The normalized spacial score (nSPS) is 10.8. The van der Waals surface area contributed by atoms with Crippen LogP contribution in [0.5, 0.6) is 17.2 Å². The van der Waals surface area contributed by atoms with Gasteiger partial charge in [-0.15, -0.1) is 0 Å². The molecule has 0 radical (unpaired) electrons. The van der Waals surface area contributed by atoms with Gasteiger partial charge in [0.15, 0.2) is 0 Å². The lowest BCUT2D eigenvalue weighted by molar-refractivity contribution is -0.111. The molecule has 0 saturated carbocycles. The molecule has 2 aromatic rings. The van der Waals surface area contributed by atoms with Crippen LogP contribution < -0.4 is 19.5 Å². The Labute approximate surface area is 148 Å². The van der Waals surface area contributed by atoms with E-state index in [1.807, 2.05) is 38.1 Å². The van der Waals surface area contributed by atoms with Gasteiger partial charge in [-0.3, -0.25) is 4.79 Å². The molecule has 2 aromatic carbocycles. The van der Waals surface area contributed by atoms with Gasteiger partial charge in [-0.2, -0.15) is 0 Å². The Balaban J connectivity index is 2.01. The van der Waals surface area contributed by atoms with E-state index in [4.69, 9.17) is 14.2 Å². The summed E-state index contributed by atoms with van der Waals surface area (Å²) in [7, 11) is 3.17. The largest absolute Gasteiger partial charge is 0.497 e. The van der Waals surface area contributed by atoms with E-state index >= 15 is 0 Å². The number of rotatable bonds is 7. The van der Waals surface area contributed by atoms with Gasteiger partial charge >= 0.3 is 0 Å². The molecule has 5 heteroatoms. The topological polar surface area (TPSA) is 56.8 Å². The highest BCUT2D eigenvalue weighted by Gasteiger charge is 2.04. The van der Waals surface area contributed by atoms with E-state index in [1.54, 1.807) is 38.5 Å². The summed E-state index contributed by atoms with van der Waals surface area (Å²) in [5.41, 5.74) is 1.49. The molecule has 25 heavy (non-hydrogen) atoms. The SMILES string of the molecule is COc1ccc(C=CC(=O)Nc2ccc(OC(C)C)cc2)c(OC)c1. The molecule has 5 nitrogen and oxygen atoms in total. The van der Waals surface area contributed by atoms with Crippen LogP contribution in [0.15, 0.2) is 48.5 Å². The number of hydrogen-bond acceptors (Lipinski definition) is 4. The Bertz CT molecular complexity index is 736. The van der Waals surface area contributed by atoms with Crippen LogP contribution >= 0.6 is 0 Å². The summed E-state index contributed by atoms with van der Waals surface area (Å²) in [5.74, 6) is 1.88. The van der Waals surface area contributed by atoms with E-state index in [0.29, 0.717) is 17.2 Å². The number of carbonyl (C=O) groups excluding carboxylic acids is 1. The van der Waals surface area contributed by atoms with Crippen molar-refractivity contribution >= 4 is 17.7 Å². The molecule has 0 aliphatic carbocycles. The average Bonchev–Trinajstić information content (AvgIpc) is 2.61. The minimum Gasteiger partial charge on any atom is -0.497 e. The van der Waals surface area contributed by atoms with E-state index < -0.39 is 0 Å². The Morgan fingerprint density at radius 1 is 1.00 bits per heavy atom. The monoisotopic (exact) mass is 341 g/mol. The standard InChI is InChI=1S/C20H23NO4/c1-14(2)25-17-10-7-16(8-11-17)21-20(22)12-6-15-5-9-18(23-3)13-19(15)24-4/h5-14H,1-4H3,(H,21,22). The molecular formula is C20H23NO4. The fourth-order valence-corrected chi connectivity index (χ4v) is 2.19. The number of carbonyl (C=O) groups is 1. The van der Waals surface area contributed by atoms with Gasteiger partial charge in [0.05, 0.1) is 20.3 Å². The van der Waals surface area contributed by atoms with Crippen molar-refractivity contribution in [2.75, 3.05) is 19.5 Å². The quantitative estimate of drug-likeness (QED) is 0.769. The summed E-state index contributed by atoms with van der Waals surface area (Å²) >= 11 is 0. The zero-order valence-corrected chi connectivity index (χ0v) is 14.9. The van der Waals surface area contributed by atoms with E-state index in [-0.39, 0.29) is 12.0 Å². The molecule has 1 amide bonds. The van der Waals surface area contributed by atoms with E-state index in [9.17, 15) is 4.79 Å². The first-order chi connectivity index (χ1) is 12.0. The van der Waals surface area contributed by atoms with Crippen LogP contribution in [0.1, 0.15) is 19.4 Å². The summed E-state index contributed by atoms with van der Waals surface area (Å²) in [4.78, 5) is 12.1. The molecule has 0 unspecified atom stereocenters. The number of benzene rings is 2. The van der Waals surface area contributed by atoms with Crippen molar-refractivity contribution in [3.8, 4) is 17.2 Å². The molecule has 2 rings (SSSR count). The summed E-state index contributed by atoms with van der Waals surface area (Å²) in [6, 6.07) is 12.7. The summed E-state index contributed by atoms with van der Waals surface area (Å²) in [6.07, 6.45) is 3.27. The van der Waals surface area contributed by atoms with Gasteiger partial charge in [0.2, 0.25) is 5.91 Å². The van der Waals surface area contributed by atoms with Crippen LogP contribution in [-0.2, 0) is 4.79 Å². The van der Waals surface area contributed by atoms with Gasteiger partial charge in [-0.1, -0.05) is 0 Å². The summed E-state index contributed by atoms with van der Waals surface area (Å²) in [6.45, 7) is 3.93. The second-order valence-corrected chi connectivity index (χ2v) is 5.62. The minimum absolute atomic E-state index is 0.114. The Morgan fingerprint density at radius 2 is 1.68 bits per heavy atom. The maximum Gasteiger partial charge on any atom is 0.248 e. The number of hydrogen-bond donors (Lipinski definition) is 1. The average molecular weight is 341 g/mol. The fraction of sp³-hybridized carbons (Fsp3) is 0.250. The van der Waals surface area contributed by atoms with Crippen molar-refractivity contribution in [3.05, 3.63) is 54.1 Å². The molecule has 0 aromatic heterocycles. The van der Waals surface area contributed by atoms with Crippen molar-refractivity contribution in [1.82, 2.24) is 0 Å². The van der Waals surface area contributed by atoms with Crippen LogP contribution in [-0.4, -0.2) is 26.2 Å². The molecule has 132 valence electrons. The highest BCUT2D eigenvalue weighted by molar-refractivity contribution is 6.02. The first-order valence-corrected chi connectivity index (χ1v) is 7.99. The van der Waals surface area contributed by atoms with Gasteiger partial charge in [0.1, 0.15) is 17.2 Å². The van der Waals surface area contributed by atoms with Gasteiger partial charge < -0.3 is 19.5 Å². The zero-order chi connectivity index (χ0) is 18.2. The summed E-state index contributed by atoms with van der Waals surface area (Å²) in [5, 5.41) is 2.81. The van der Waals surface area contributed by atoms with Crippen LogP contribution in [0.3, 0.4) is 0 Å². The molecule has 0 atom stereocenters. The number of anilines is 1. The third-order valence-corrected chi connectivity index (χ3v) is 3.35. The van der Waals surface area contributed by atoms with Crippen molar-refractivity contribution in [3.63, 3.8) is 0 Å². The van der Waals surface area contributed by atoms with Crippen molar-refractivity contribution in [1.29, 1.82) is 0 Å². The number of methoxy groups -OCH3 is 2. The molecular weight excluding hydrogens is 318 g/mol. The van der Waals surface area contributed by atoms with Crippen LogP contribution in [0.25, 0.3) is 6.08 Å². The highest BCUT2D eigenvalue weighted by Crippen LogP contribution is 2.25. The lowest BCUT2D eigenvalue weighted by Crippen LogP contribution is -2.08. The van der Waals surface area contributed by atoms with Crippen molar-refractivity contribution in [2.24, 2.45) is 0 Å². The lowest BCUT2D eigenvalue weighted by atomic mass is 10.1. The maximum atomic E-state index is 12.1. The predicted octanol–water partition coefficient (Wildman–Crippen LogP) is 4.14. The van der Waals surface area contributed by atoms with Gasteiger partial charge in [0.25, 0.3) is 0 Å². The molecule has 0 spiro atoms. The Hall–Kier alpha value is -2.95. The third kappa shape index (κ3) is 5.57. The Morgan fingerprint density at radius 3 is 2.28 bits per heavy atom. The van der Waals surface area contributed by atoms with Crippen molar-refractivity contribution < 1.29 is 19.0 Å². The second kappa shape index (κ2) is 8.78. The molecule has 0 saturated heterocycles. The Kier molecular flexibility index (Phi) is 6.46. The van der Waals surface area contributed by atoms with Crippen molar-refractivity contribution in [2.45, 2.75) is 20.0 Å². The third-order valence-electron chi connectivity index (χ3n) is 3.35.